The molecule has 1 aromatic rings. The van der Waals surface area contributed by atoms with E-state index in [9.17, 15) is 9.90 Å². The average molecular weight is 282 g/mol. The lowest BCUT2D eigenvalue weighted by molar-refractivity contribution is -0.144. The topological polar surface area (TPSA) is 65.0 Å². The first-order chi connectivity index (χ1) is 9.44. The standard InChI is InChI=1S/C15H22O5/c1-5-20-14(16)8-9-15(2,17)12-7-6-11(18-3)10-13(12)19-4/h6-7,10,17H,5,8-9H2,1-4H3. The van der Waals surface area contributed by atoms with Gasteiger partial charge in [-0.1, -0.05) is 0 Å². The summed E-state index contributed by atoms with van der Waals surface area (Å²) >= 11 is 0. The van der Waals surface area contributed by atoms with E-state index in [1.165, 1.54) is 7.11 Å². The van der Waals surface area contributed by atoms with E-state index in [-0.39, 0.29) is 18.8 Å². The zero-order valence-corrected chi connectivity index (χ0v) is 12.4. The molecule has 0 aliphatic heterocycles. The minimum absolute atomic E-state index is 0.149. The van der Waals surface area contributed by atoms with Crippen LogP contribution in [0.15, 0.2) is 18.2 Å². The summed E-state index contributed by atoms with van der Waals surface area (Å²) in [4.78, 5) is 11.4. The van der Waals surface area contributed by atoms with E-state index in [0.717, 1.165) is 0 Å². The van der Waals surface area contributed by atoms with Gasteiger partial charge in [-0.05, 0) is 32.4 Å². The third kappa shape index (κ3) is 4.13. The molecule has 0 fully saturated rings. The van der Waals surface area contributed by atoms with Crippen molar-refractivity contribution in [1.82, 2.24) is 0 Å². The number of rotatable bonds is 7. The van der Waals surface area contributed by atoms with Crippen LogP contribution in [0.1, 0.15) is 32.3 Å². The number of carbonyl (C=O) groups is 1. The summed E-state index contributed by atoms with van der Waals surface area (Å²) in [5.41, 5.74) is -0.560. The second-order valence-corrected chi connectivity index (χ2v) is 4.65. The van der Waals surface area contributed by atoms with Crippen LogP contribution in [0.5, 0.6) is 11.5 Å². The fourth-order valence-electron chi connectivity index (χ4n) is 1.96. The van der Waals surface area contributed by atoms with Gasteiger partial charge in [-0.3, -0.25) is 4.79 Å². The molecule has 0 spiro atoms. The van der Waals surface area contributed by atoms with Gasteiger partial charge in [0, 0.05) is 18.1 Å². The van der Waals surface area contributed by atoms with Crippen molar-refractivity contribution in [2.45, 2.75) is 32.3 Å². The molecule has 1 aromatic carbocycles. The number of ether oxygens (including phenoxy) is 3. The van der Waals surface area contributed by atoms with Gasteiger partial charge in [0.2, 0.25) is 0 Å². The lowest BCUT2D eigenvalue weighted by Gasteiger charge is -2.25. The Morgan fingerprint density at radius 1 is 1.30 bits per heavy atom. The Kier molecular flexibility index (Phi) is 5.82. The second-order valence-electron chi connectivity index (χ2n) is 4.65. The predicted molar refractivity (Wildman–Crippen MR) is 75.0 cm³/mol. The van der Waals surface area contributed by atoms with Crippen molar-refractivity contribution in [3.05, 3.63) is 23.8 Å². The van der Waals surface area contributed by atoms with Gasteiger partial charge in [-0.15, -0.1) is 0 Å². The highest BCUT2D eigenvalue weighted by atomic mass is 16.5. The molecule has 0 aliphatic carbocycles. The van der Waals surface area contributed by atoms with Gasteiger partial charge in [-0.25, -0.2) is 0 Å². The molecule has 0 saturated heterocycles. The van der Waals surface area contributed by atoms with Crippen molar-refractivity contribution in [3.63, 3.8) is 0 Å². The fourth-order valence-corrected chi connectivity index (χ4v) is 1.96. The largest absolute Gasteiger partial charge is 0.497 e. The van der Waals surface area contributed by atoms with Gasteiger partial charge < -0.3 is 19.3 Å². The lowest BCUT2D eigenvalue weighted by Crippen LogP contribution is -2.23. The van der Waals surface area contributed by atoms with Gasteiger partial charge in [0.1, 0.15) is 11.5 Å². The number of methoxy groups -OCH3 is 2. The molecule has 20 heavy (non-hydrogen) atoms. The number of hydrogen-bond donors (Lipinski definition) is 1. The third-order valence-electron chi connectivity index (χ3n) is 3.11. The van der Waals surface area contributed by atoms with Crippen molar-refractivity contribution in [2.75, 3.05) is 20.8 Å². The maximum Gasteiger partial charge on any atom is 0.305 e. The normalized spacial score (nSPS) is 13.4. The molecule has 0 heterocycles. The van der Waals surface area contributed by atoms with Crippen LogP contribution in [0, 0.1) is 0 Å². The quantitative estimate of drug-likeness (QED) is 0.777. The number of benzene rings is 1. The molecule has 0 radical (unpaired) electrons. The fraction of sp³-hybridized carbons (Fsp3) is 0.533. The summed E-state index contributed by atoms with van der Waals surface area (Å²) in [6, 6.07) is 5.19. The highest BCUT2D eigenvalue weighted by Gasteiger charge is 2.28. The molecule has 1 unspecified atom stereocenters. The number of carbonyl (C=O) groups excluding carboxylic acids is 1. The van der Waals surface area contributed by atoms with Crippen molar-refractivity contribution in [2.24, 2.45) is 0 Å². The van der Waals surface area contributed by atoms with Crippen LogP contribution >= 0.6 is 0 Å². The Morgan fingerprint density at radius 2 is 2.00 bits per heavy atom. The Balaban J connectivity index is 2.88. The van der Waals surface area contributed by atoms with E-state index in [2.05, 4.69) is 0 Å². The van der Waals surface area contributed by atoms with Crippen molar-refractivity contribution < 1.29 is 24.1 Å². The van der Waals surface area contributed by atoms with Gasteiger partial charge in [0.05, 0.1) is 26.4 Å². The van der Waals surface area contributed by atoms with Gasteiger partial charge in [-0.2, -0.15) is 0 Å². The van der Waals surface area contributed by atoms with E-state index in [0.29, 0.717) is 23.7 Å². The molecule has 0 amide bonds. The Labute approximate surface area is 119 Å². The molecule has 0 bridgehead atoms. The number of hydrogen-bond acceptors (Lipinski definition) is 5. The summed E-state index contributed by atoms with van der Waals surface area (Å²) in [7, 11) is 3.09. The van der Waals surface area contributed by atoms with E-state index >= 15 is 0 Å². The molecular weight excluding hydrogens is 260 g/mol. The van der Waals surface area contributed by atoms with E-state index in [4.69, 9.17) is 14.2 Å². The molecular formula is C15H22O5. The lowest BCUT2D eigenvalue weighted by atomic mass is 9.90. The molecule has 5 heteroatoms. The number of aliphatic hydroxyl groups is 1. The molecule has 1 atom stereocenters. The van der Waals surface area contributed by atoms with Crippen LogP contribution in [0.2, 0.25) is 0 Å². The second kappa shape index (κ2) is 7.14. The zero-order chi connectivity index (χ0) is 15.2. The van der Waals surface area contributed by atoms with Crippen molar-refractivity contribution in [3.8, 4) is 11.5 Å². The maximum atomic E-state index is 11.4. The van der Waals surface area contributed by atoms with Crippen LogP contribution in [-0.2, 0) is 15.1 Å². The first-order valence-corrected chi connectivity index (χ1v) is 6.55. The van der Waals surface area contributed by atoms with Crippen LogP contribution in [-0.4, -0.2) is 31.9 Å². The van der Waals surface area contributed by atoms with Crippen LogP contribution in [0.3, 0.4) is 0 Å². The van der Waals surface area contributed by atoms with E-state index < -0.39 is 5.60 Å². The van der Waals surface area contributed by atoms with Gasteiger partial charge in [0.15, 0.2) is 0 Å². The average Bonchev–Trinajstić information content (AvgIpc) is 2.44. The summed E-state index contributed by atoms with van der Waals surface area (Å²) in [6.07, 6.45) is 0.407. The highest BCUT2D eigenvalue weighted by Crippen LogP contribution is 2.35. The Bertz CT molecular complexity index is 454. The van der Waals surface area contributed by atoms with Crippen molar-refractivity contribution in [1.29, 1.82) is 0 Å². The first kappa shape index (κ1) is 16.3. The summed E-state index contributed by atoms with van der Waals surface area (Å²) in [6.45, 7) is 3.74. The van der Waals surface area contributed by atoms with Gasteiger partial charge >= 0.3 is 5.97 Å². The van der Waals surface area contributed by atoms with E-state index in [1.807, 2.05) is 0 Å². The van der Waals surface area contributed by atoms with E-state index in [1.54, 1.807) is 39.2 Å². The monoisotopic (exact) mass is 282 g/mol. The molecule has 5 nitrogen and oxygen atoms in total. The zero-order valence-electron chi connectivity index (χ0n) is 12.4. The first-order valence-electron chi connectivity index (χ1n) is 6.55. The summed E-state index contributed by atoms with van der Waals surface area (Å²) in [5, 5.41) is 10.5. The van der Waals surface area contributed by atoms with Crippen LogP contribution in [0.4, 0.5) is 0 Å². The highest BCUT2D eigenvalue weighted by molar-refractivity contribution is 5.69. The minimum atomic E-state index is -1.18. The Morgan fingerprint density at radius 3 is 2.55 bits per heavy atom. The minimum Gasteiger partial charge on any atom is -0.497 e. The van der Waals surface area contributed by atoms with Crippen molar-refractivity contribution >= 4 is 5.97 Å². The summed E-state index contributed by atoms with van der Waals surface area (Å²) in [5.74, 6) is 0.852. The summed E-state index contributed by atoms with van der Waals surface area (Å²) < 4.78 is 15.3. The van der Waals surface area contributed by atoms with Crippen LogP contribution in [0.25, 0.3) is 0 Å². The third-order valence-corrected chi connectivity index (χ3v) is 3.11. The molecule has 0 aromatic heterocycles. The predicted octanol–water partition coefficient (Wildman–Crippen LogP) is 2.25. The maximum absolute atomic E-state index is 11.4. The molecule has 0 saturated carbocycles. The molecule has 0 aliphatic rings. The molecule has 112 valence electrons. The molecule has 1 N–H and O–H groups in total. The van der Waals surface area contributed by atoms with Gasteiger partial charge in [0.25, 0.3) is 0 Å². The van der Waals surface area contributed by atoms with Crippen LogP contribution < -0.4 is 9.47 Å². The SMILES string of the molecule is CCOC(=O)CCC(C)(O)c1ccc(OC)cc1OC. The smallest absolute Gasteiger partial charge is 0.305 e. The molecule has 1 rings (SSSR count). The Hall–Kier alpha value is -1.75. The number of esters is 1.